The van der Waals surface area contributed by atoms with Gasteiger partial charge in [0.2, 0.25) is 0 Å². The maximum atomic E-state index is 13.2. The molecule has 0 aromatic heterocycles. The van der Waals surface area contributed by atoms with Gasteiger partial charge in [0, 0.05) is 6.04 Å². The number of hydrogen-bond donors (Lipinski definition) is 1. The molecule has 0 spiro atoms. The topological polar surface area (TPSA) is 12.0 Å². The van der Waals surface area contributed by atoms with Crippen LogP contribution >= 0.6 is 0 Å². The van der Waals surface area contributed by atoms with Crippen LogP contribution in [0.15, 0.2) is 18.2 Å². The van der Waals surface area contributed by atoms with Crippen molar-refractivity contribution >= 4 is 0 Å². The Morgan fingerprint density at radius 1 is 1.24 bits per heavy atom. The molecule has 2 unspecified atom stereocenters. The van der Waals surface area contributed by atoms with Crippen LogP contribution in [-0.4, -0.2) is 13.1 Å². The first kappa shape index (κ1) is 14.2. The second-order valence-corrected chi connectivity index (χ2v) is 5.27. The third kappa shape index (κ3) is 3.81. The van der Waals surface area contributed by atoms with Gasteiger partial charge in [-0.2, -0.15) is 0 Å². The smallest absolute Gasteiger partial charge is 0.123 e. The molecule has 1 aromatic rings. The van der Waals surface area contributed by atoms with Crippen LogP contribution in [-0.2, 0) is 6.42 Å². The van der Waals surface area contributed by atoms with Crippen LogP contribution in [0.25, 0.3) is 0 Å². The summed E-state index contributed by atoms with van der Waals surface area (Å²) in [5.74, 6) is 1.06. The SMILES string of the molecule is CNC(Cc1cc(F)ccc1C)C(C)C(C)C. The molecule has 1 N–H and O–H groups in total. The van der Waals surface area contributed by atoms with Crippen molar-refractivity contribution in [3.8, 4) is 0 Å². The van der Waals surface area contributed by atoms with Crippen molar-refractivity contribution in [2.24, 2.45) is 11.8 Å². The molecule has 0 heterocycles. The molecule has 0 saturated heterocycles. The highest BCUT2D eigenvalue weighted by molar-refractivity contribution is 5.27. The number of benzene rings is 1. The second kappa shape index (κ2) is 6.15. The molecule has 0 aliphatic rings. The molecule has 0 aliphatic carbocycles. The largest absolute Gasteiger partial charge is 0.316 e. The molecular weight excluding hydrogens is 213 g/mol. The standard InChI is InChI=1S/C15H24FN/c1-10(2)12(4)15(17-5)9-13-8-14(16)7-6-11(13)3/h6-8,10,12,15,17H,9H2,1-5H3. The normalized spacial score (nSPS) is 15.0. The summed E-state index contributed by atoms with van der Waals surface area (Å²) in [4.78, 5) is 0. The van der Waals surface area contributed by atoms with Crippen LogP contribution in [0.1, 0.15) is 31.9 Å². The molecule has 0 aliphatic heterocycles. The van der Waals surface area contributed by atoms with Crippen LogP contribution < -0.4 is 5.32 Å². The van der Waals surface area contributed by atoms with Gasteiger partial charge in [0.15, 0.2) is 0 Å². The predicted octanol–water partition coefficient (Wildman–Crippen LogP) is 3.56. The van der Waals surface area contributed by atoms with E-state index < -0.39 is 0 Å². The van der Waals surface area contributed by atoms with E-state index in [1.54, 1.807) is 6.07 Å². The third-order valence-electron chi connectivity index (χ3n) is 3.81. The van der Waals surface area contributed by atoms with Crippen molar-refractivity contribution in [3.05, 3.63) is 35.1 Å². The lowest BCUT2D eigenvalue weighted by Crippen LogP contribution is -2.36. The van der Waals surface area contributed by atoms with Gasteiger partial charge in [-0.25, -0.2) is 4.39 Å². The molecule has 0 radical (unpaired) electrons. The van der Waals surface area contributed by atoms with E-state index in [-0.39, 0.29) is 5.82 Å². The summed E-state index contributed by atoms with van der Waals surface area (Å²) in [7, 11) is 1.98. The monoisotopic (exact) mass is 237 g/mol. The molecule has 2 heteroatoms. The van der Waals surface area contributed by atoms with Gasteiger partial charge in [-0.1, -0.05) is 26.8 Å². The van der Waals surface area contributed by atoms with Crippen molar-refractivity contribution < 1.29 is 4.39 Å². The zero-order valence-electron chi connectivity index (χ0n) is 11.5. The molecule has 1 aromatic carbocycles. The maximum Gasteiger partial charge on any atom is 0.123 e. The van der Waals surface area contributed by atoms with Gasteiger partial charge in [0.25, 0.3) is 0 Å². The van der Waals surface area contributed by atoms with Crippen LogP contribution in [0.4, 0.5) is 4.39 Å². The van der Waals surface area contributed by atoms with Crippen molar-refractivity contribution in [1.29, 1.82) is 0 Å². The Morgan fingerprint density at radius 2 is 1.88 bits per heavy atom. The highest BCUT2D eigenvalue weighted by Gasteiger charge is 2.19. The Balaban J connectivity index is 2.83. The summed E-state index contributed by atoms with van der Waals surface area (Å²) in [5, 5.41) is 3.36. The summed E-state index contributed by atoms with van der Waals surface area (Å²) >= 11 is 0. The second-order valence-electron chi connectivity index (χ2n) is 5.27. The number of aryl methyl sites for hydroxylation is 1. The highest BCUT2D eigenvalue weighted by Crippen LogP contribution is 2.20. The van der Waals surface area contributed by atoms with E-state index in [0.29, 0.717) is 17.9 Å². The molecule has 96 valence electrons. The minimum absolute atomic E-state index is 0.141. The zero-order chi connectivity index (χ0) is 13.0. The minimum Gasteiger partial charge on any atom is -0.316 e. The number of nitrogens with one attached hydrogen (secondary N) is 1. The first-order chi connectivity index (χ1) is 7.95. The van der Waals surface area contributed by atoms with Crippen molar-refractivity contribution in [2.45, 2.75) is 40.2 Å². The van der Waals surface area contributed by atoms with E-state index in [0.717, 1.165) is 12.0 Å². The lowest BCUT2D eigenvalue weighted by molar-refractivity contribution is 0.309. The van der Waals surface area contributed by atoms with Gasteiger partial charge in [-0.3, -0.25) is 0 Å². The lowest BCUT2D eigenvalue weighted by atomic mass is 9.86. The van der Waals surface area contributed by atoms with Crippen molar-refractivity contribution in [3.63, 3.8) is 0 Å². The Labute approximate surface area is 104 Å². The van der Waals surface area contributed by atoms with Gasteiger partial charge in [-0.05, 0) is 55.5 Å². The first-order valence-electron chi connectivity index (χ1n) is 6.38. The molecule has 0 bridgehead atoms. The quantitative estimate of drug-likeness (QED) is 0.825. The fraction of sp³-hybridized carbons (Fsp3) is 0.600. The number of likely N-dealkylation sites (N-methyl/N-ethyl adjacent to an activating group) is 1. The van der Waals surface area contributed by atoms with Crippen LogP contribution in [0.3, 0.4) is 0 Å². The molecule has 0 amide bonds. The molecule has 17 heavy (non-hydrogen) atoms. The third-order valence-corrected chi connectivity index (χ3v) is 3.81. The average molecular weight is 237 g/mol. The van der Waals surface area contributed by atoms with Crippen molar-refractivity contribution in [2.75, 3.05) is 7.05 Å². The van der Waals surface area contributed by atoms with Gasteiger partial charge in [-0.15, -0.1) is 0 Å². The Bertz CT molecular complexity index is 360. The summed E-state index contributed by atoms with van der Waals surface area (Å²) in [6.45, 7) is 8.75. The highest BCUT2D eigenvalue weighted by atomic mass is 19.1. The van der Waals surface area contributed by atoms with E-state index in [4.69, 9.17) is 0 Å². The molecule has 0 fully saturated rings. The van der Waals surface area contributed by atoms with E-state index in [1.807, 2.05) is 20.0 Å². The van der Waals surface area contributed by atoms with E-state index in [9.17, 15) is 4.39 Å². The van der Waals surface area contributed by atoms with Crippen LogP contribution in [0.2, 0.25) is 0 Å². The fourth-order valence-corrected chi connectivity index (χ4v) is 2.11. The van der Waals surface area contributed by atoms with Crippen LogP contribution in [0.5, 0.6) is 0 Å². The van der Waals surface area contributed by atoms with E-state index >= 15 is 0 Å². The summed E-state index contributed by atoms with van der Waals surface area (Å²) in [5.41, 5.74) is 2.28. The number of rotatable bonds is 5. The summed E-state index contributed by atoms with van der Waals surface area (Å²) < 4.78 is 13.2. The summed E-state index contributed by atoms with van der Waals surface area (Å²) in [6.07, 6.45) is 0.888. The molecular formula is C15H24FN. The summed E-state index contributed by atoms with van der Waals surface area (Å²) in [6, 6.07) is 5.44. The Kier molecular flexibility index (Phi) is 5.13. The fourth-order valence-electron chi connectivity index (χ4n) is 2.11. The van der Waals surface area contributed by atoms with Gasteiger partial charge < -0.3 is 5.32 Å². The van der Waals surface area contributed by atoms with Crippen LogP contribution in [0, 0.1) is 24.6 Å². The predicted molar refractivity (Wildman–Crippen MR) is 71.7 cm³/mol. The number of hydrogen-bond acceptors (Lipinski definition) is 1. The number of halogens is 1. The molecule has 2 atom stereocenters. The van der Waals surface area contributed by atoms with E-state index in [2.05, 4.69) is 26.1 Å². The lowest BCUT2D eigenvalue weighted by Gasteiger charge is -2.27. The molecule has 0 saturated carbocycles. The molecule has 1 nitrogen and oxygen atoms in total. The minimum atomic E-state index is -0.141. The zero-order valence-corrected chi connectivity index (χ0v) is 11.5. The molecule has 1 rings (SSSR count). The maximum absolute atomic E-state index is 13.2. The van der Waals surface area contributed by atoms with Gasteiger partial charge >= 0.3 is 0 Å². The Morgan fingerprint density at radius 3 is 2.41 bits per heavy atom. The van der Waals surface area contributed by atoms with Gasteiger partial charge in [0.1, 0.15) is 5.82 Å². The Hall–Kier alpha value is -0.890. The van der Waals surface area contributed by atoms with Crippen molar-refractivity contribution in [1.82, 2.24) is 5.32 Å². The van der Waals surface area contributed by atoms with E-state index in [1.165, 1.54) is 11.6 Å². The average Bonchev–Trinajstić information content (AvgIpc) is 2.29. The first-order valence-corrected chi connectivity index (χ1v) is 6.38. The van der Waals surface area contributed by atoms with Gasteiger partial charge in [0.05, 0.1) is 0 Å².